The van der Waals surface area contributed by atoms with E-state index in [4.69, 9.17) is 15.6 Å². The standard InChI is InChI=1S/C22H24N10O2/c1-12-4-6-34-22-15(9-26-30(22)2)20-24-5-3-17(28-20)27-18-7-16-14(8-25-18)21(29-32(12)16)31-10-13(11-31)19(23)33/h3,5,7-9,12-13H,4,6,10-11H2,1-2H3,(H2,23,33)(H,24,25,27,28). The zero-order valence-corrected chi connectivity index (χ0v) is 18.8. The van der Waals surface area contributed by atoms with Crippen molar-refractivity contribution in [1.29, 1.82) is 0 Å². The van der Waals surface area contributed by atoms with E-state index < -0.39 is 0 Å². The fraction of sp³-hybridized carbons (Fsp3) is 0.364. The summed E-state index contributed by atoms with van der Waals surface area (Å²) in [6.07, 6.45) is 5.93. The van der Waals surface area contributed by atoms with Crippen LogP contribution >= 0.6 is 0 Å². The number of amides is 1. The van der Waals surface area contributed by atoms with Gasteiger partial charge in [0.15, 0.2) is 11.6 Å². The number of hydrogen-bond acceptors (Lipinski definition) is 9. The molecule has 174 valence electrons. The van der Waals surface area contributed by atoms with Gasteiger partial charge in [0.1, 0.15) is 17.2 Å². The van der Waals surface area contributed by atoms with Gasteiger partial charge >= 0.3 is 0 Å². The van der Waals surface area contributed by atoms with Gasteiger partial charge in [0.25, 0.3) is 0 Å². The van der Waals surface area contributed by atoms with Crippen LogP contribution in [0.4, 0.5) is 17.5 Å². The maximum absolute atomic E-state index is 11.5. The van der Waals surface area contributed by atoms with Crippen molar-refractivity contribution in [2.24, 2.45) is 18.7 Å². The van der Waals surface area contributed by atoms with Gasteiger partial charge in [-0.1, -0.05) is 0 Å². The maximum Gasteiger partial charge on any atom is 0.224 e. The van der Waals surface area contributed by atoms with Gasteiger partial charge in [0.2, 0.25) is 11.8 Å². The molecular formula is C22H24N10O2. The largest absolute Gasteiger partial charge is 0.477 e. The summed E-state index contributed by atoms with van der Waals surface area (Å²) in [5, 5.41) is 13.5. The molecule has 0 aromatic carbocycles. The van der Waals surface area contributed by atoms with E-state index in [1.807, 2.05) is 24.0 Å². The lowest BCUT2D eigenvalue weighted by Crippen LogP contribution is -2.52. The Hall–Kier alpha value is -4.22. The highest BCUT2D eigenvalue weighted by Crippen LogP contribution is 2.35. The number of nitrogens with one attached hydrogen (secondary N) is 1. The number of carbonyl (C=O) groups excluding carboxylic acids is 1. The highest BCUT2D eigenvalue weighted by molar-refractivity contribution is 5.93. The van der Waals surface area contributed by atoms with Crippen molar-refractivity contribution in [2.75, 3.05) is 29.9 Å². The molecule has 12 nitrogen and oxygen atoms in total. The molecule has 4 aromatic rings. The van der Waals surface area contributed by atoms with E-state index in [0.29, 0.717) is 43.0 Å². The van der Waals surface area contributed by atoms with Gasteiger partial charge in [0, 0.05) is 45.0 Å². The van der Waals surface area contributed by atoms with Gasteiger partial charge in [-0.2, -0.15) is 10.2 Å². The number of fused-ring (bicyclic) bond motifs is 5. The Kier molecular flexibility index (Phi) is 4.61. The van der Waals surface area contributed by atoms with Crippen LogP contribution in [0, 0.1) is 5.92 Å². The van der Waals surface area contributed by atoms with Crippen LogP contribution in [-0.2, 0) is 11.8 Å². The van der Waals surface area contributed by atoms with Crippen LogP contribution in [0.3, 0.4) is 0 Å². The second kappa shape index (κ2) is 7.68. The van der Waals surface area contributed by atoms with Crippen LogP contribution in [0.25, 0.3) is 22.3 Å². The van der Waals surface area contributed by atoms with Gasteiger partial charge in [-0.15, -0.1) is 0 Å². The number of carbonyl (C=O) groups is 1. The summed E-state index contributed by atoms with van der Waals surface area (Å²) in [6, 6.07) is 3.80. The molecule has 1 fully saturated rings. The van der Waals surface area contributed by atoms with Gasteiger partial charge in [0.05, 0.1) is 35.7 Å². The average molecular weight is 461 g/mol. The number of anilines is 3. The molecule has 0 radical (unpaired) electrons. The van der Waals surface area contributed by atoms with Crippen LogP contribution in [0.2, 0.25) is 0 Å². The van der Waals surface area contributed by atoms with Crippen LogP contribution in [-0.4, -0.2) is 60.1 Å². The SMILES string of the molecule is CC1CCOc2c(cnn2C)-c2nccc(n2)Nc2cc3c(cn2)c(N2CC(C(N)=O)C2)nn31. The first kappa shape index (κ1) is 20.4. The summed E-state index contributed by atoms with van der Waals surface area (Å²) in [4.78, 5) is 27.2. The summed E-state index contributed by atoms with van der Waals surface area (Å²) in [7, 11) is 1.83. The first-order valence-electron chi connectivity index (χ1n) is 11.2. The van der Waals surface area contributed by atoms with Crippen molar-refractivity contribution in [3.8, 4) is 17.3 Å². The topological polar surface area (TPSA) is 142 Å². The molecule has 1 unspecified atom stereocenters. The molecule has 0 saturated carbocycles. The number of rotatable bonds is 2. The van der Waals surface area contributed by atoms with Crippen LogP contribution in [0.15, 0.2) is 30.7 Å². The lowest BCUT2D eigenvalue weighted by Gasteiger charge is -2.37. The van der Waals surface area contributed by atoms with Gasteiger partial charge in [-0.25, -0.2) is 19.6 Å². The quantitative estimate of drug-likeness (QED) is 0.456. The number of pyridine rings is 1. The van der Waals surface area contributed by atoms with Gasteiger partial charge in [-0.05, 0) is 13.0 Å². The Bertz CT molecular complexity index is 1400. The highest BCUT2D eigenvalue weighted by atomic mass is 16.5. The smallest absolute Gasteiger partial charge is 0.224 e. The fourth-order valence-electron chi connectivity index (χ4n) is 4.37. The third-order valence-electron chi connectivity index (χ3n) is 6.38. The summed E-state index contributed by atoms with van der Waals surface area (Å²) in [5.41, 5.74) is 7.13. The Labute approximate surface area is 194 Å². The van der Waals surface area contributed by atoms with E-state index in [2.05, 4.69) is 37.2 Å². The number of hydrogen-bond donors (Lipinski definition) is 2. The molecule has 12 heteroatoms. The van der Waals surface area contributed by atoms with Crippen molar-refractivity contribution in [2.45, 2.75) is 19.4 Å². The Morgan fingerprint density at radius 3 is 2.91 bits per heavy atom. The van der Waals surface area contributed by atoms with Crippen molar-refractivity contribution >= 4 is 34.3 Å². The summed E-state index contributed by atoms with van der Waals surface area (Å²) in [6.45, 7) is 3.70. The van der Waals surface area contributed by atoms with E-state index in [-0.39, 0.29) is 17.9 Å². The molecule has 34 heavy (non-hydrogen) atoms. The third kappa shape index (κ3) is 3.29. The minimum Gasteiger partial charge on any atom is -0.477 e. The summed E-state index contributed by atoms with van der Waals surface area (Å²) >= 11 is 0. The van der Waals surface area contributed by atoms with E-state index in [1.54, 1.807) is 23.1 Å². The van der Waals surface area contributed by atoms with Gasteiger partial charge in [-0.3, -0.25) is 9.48 Å². The number of nitrogens with zero attached hydrogens (tertiary/aromatic N) is 8. The van der Waals surface area contributed by atoms with Crippen LogP contribution in [0.1, 0.15) is 19.4 Å². The molecular weight excluding hydrogens is 436 g/mol. The number of aromatic nitrogens is 7. The van der Waals surface area contributed by atoms with Gasteiger partial charge < -0.3 is 20.7 Å². The number of nitrogens with two attached hydrogens (primary N) is 1. The van der Waals surface area contributed by atoms with Crippen molar-refractivity contribution in [3.05, 3.63) is 30.7 Å². The van der Waals surface area contributed by atoms with Crippen molar-refractivity contribution in [3.63, 3.8) is 0 Å². The molecule has 6 rings (SSSR count). The molecule has 1 atom stereocenters. The molecule has 2 aliphatic heterocycles. The zero-order chi connectivity index (χ0) is 23.4. The predicted octanol–water partition coefficient (Wildman–Crippen LogP) is 1.63. The molecule has 1 amide bonds. The average Bonchev–Trinajstić information content (AvgIpc) is 3.33. The highest BCUT2D eigenvalue weighted by Gasteiger charge is 2.34. The second-order valence-corrected chi connectivity index (χ2v) is 8.72. The van der Waals surface area contributed by atoms with E-state index in [1.165, 1.54) is 0 Å². The Morgan fingerprint density at radius 2 is 2.09 bits per heavy atom. The summed E-state index contributed by atoms with van der Waals surface area (Å²) < 4.78 is 9.82. The molecule has 0 aliphatic carbocycles. The minimum atomic E-state index is -0.278. The molecule has 0 spiro atoms. The Morgan fingerprint density at radius 1 is 1.24 bits per heavy atom. The lowest BCUT2D eigenvalue weighted by molar-refractivity contribution is -0.122. The normalized spacial score (nSPS) is 18.1. The molecule has 3 N–H and O–H groups in total. The second-order valence-electron chi connectivity index (χ2n) is 8.72. The molecule has 2 aliphatic rings. The van der Waals surface area contributed by atoms with Crippen molar-refractivity contribution < 1.29 is 9.53 Å². The maximum atomic E-state index is 11.5. The monoisotopic (exact) mass is 460 g/mol. The van der Waals surface area contributed by atoms with Crippen LogP contribution in [0.5, 0.6) is 5.88 Å². The van der Waals surface area contributed by atoms with Crippen molar-refractivity contribution in [1.82, 2.24) is 34.5 Å². The first-order chi connectivity index (χ1) is 16.5. The van der Waals surface area contributed by atoms with E-state index in [9.17, 15) is 4.79 Å². The first-order valence-corrected chi connectivity index (χ1v) is 11.2. The van der Waals surface area contributed by atoms with E-state index >= 15 is 0 Å². The number of primary amides is 1. The van der Waals surface area contributed by atoms with Crippen LogP contribution < -0.4 is 20.7 Å². The molecule has 4 aromatic heterocycles. The Balaban J connectivity index is 1.43. The molecule has 6 heterocycles. The number of aryl methyl sites for hydroxylation is 1. The fourth-order valence-corrected chi connectivity index (χ4v) is 4.37. The third-order valence-corrected chi connectivity index (χ3v) is 6.38. The predicted molar refractivity (Wildman–Crippen MR) is 125 cm³/mol. The molecule has 4 bridgehead atoms. The minimum absolute atomic E-state index is 0.0495. The summed E-state index contributed by atoms with van der Waals surface area (Å²) in [5.74, 6) is 2.77. The molecule has 1 saturated heterocycles. The zero-order valence-electron chi connectivity index (χ0n) is 18.8. The number of ether oxygens (including phenoxy) is 1. The lowest BCUT2D eigenvalue weighted by atomic mass is 9.99. The van der Waals surface area contributed by atoms with E-state index in [0.717, 1.165) is 28.7 Å².